The summed E-state index contributed by atoms with van der Waals surface area (Å²) < 4.78 is 19.2. The van der Waals surface area contributed by atoms with Crippen LogP contribution in [0.1, 0.15) is 31.4 Å². The number of piperidine rings is 1. The Labute approximate surface area is 123 Å². The lowest BCUT2D eigenvalue weighted by atomic mass is 9.91. The van der Waals surface area contributed by atoms with E-state index in [0.717, 1.165) is 38.2 Å². The summed E-state index contributed by atoms with van der Waals surface area (Å²) in [6, 6.07) is 4.86. The van der Waals surface area contributed by atoms with Crippen LogP contribution in [0.5, 0.6) is 0 Å². The molecule has 2 heterocycles. The Kier molecular flexibility index (Phi) is 4.22. The van der Waals surface area contributed by atoms with Gasteiger partial charge in [-0.15, -0.1) is 0 Å². The summed E-state index contributed by atoms with van der Waals surface area (Å²) in [5.74, 6) is 0.302. The standard InChI is InChI=1S/C16H21FN2O2/c1-11(10-20)9-19-7-5-12(6-8-19)16-15-13(17)3-2-4-14(15)21-18-16/h2-4,11-12,20H,5-10H2,1H3/t11-/m1/s1. The molecule has 5 heteroatoms. The molecule has 2 aromatic rings. The van der Waals surface area contributed by atoms with Gasteiger partial charge in [0.25, 0.3) is 0 Å². The minimum absolute atomic E-state index is 0.221. The number of rotatable bonds is 4. The normalized spacial score (nSPS) is 19.2. The van der Waals surface area contributed by atoms with E-state index in [1.807, 2.05) is 6.92 Å². The highest BCUT2D eigenvalue weighted by molar-refractivity contribution is 5.80. The Morgan fingerprint density at radius 2 is 2.19 bits per heavy atom. The molecule has 1 atom stereocenters. The third-order valence-corrected chi connectivity index (χ3v) is 4.33. The van der Waals surface area contributed by atoms with Gasteiger partial charge in [-0.25, -0.2) is 4.39 Å². The van der Waals surface area contributed by atoms with Gasteiger partial charge < -0.3 is 14.5 Å². The van der Waals surface area contributed by atoms with Gasteiger partial charge in [-0.05, 0) is 44.0 Å². The van der Waals surface area contributed by atoms with E-state index in [0.29, 0.717) is 16.9 Å². The van der Waals surface area contributed by atoms with Gasteiger partial charge in [0.1, 0.15) is 5.82 Å². The maximum Gasteiger partial charge on any atom is 0.170 e. The molecule has 1 fully saturated rings. The van der Waals surface area contributed by atoms with Crippen molar-refractivity contribution >= 4 is 11.0 Å². The van der Waals surface area contributed by atoms with Crippen LogP contribution in [0.15, 0.2) is 22.7 Å². The number of hydrogen-bond acceptors (Lipinski definition) is 4. The van der Waals surface area contributed by atoms with Crippen LogP contribution in [-0.2, 0) is 0 Å². The van der Waals surface area contributed by atoms with Crippen molar-refractivity contribution in [2.45, 2.75) is 25.7 Å². The molecule has 1 aliphatic rings. The fourth-order valence-electron chi connectivity index (χ4n) is 3.14. The third-order valence-electron chi connectivity index (χ3n) is 4.33. The average molecular weight is 292 g/mol. The highest BCUT2D eigenvalue weighted by Crippen LogP contribution is 2.33. The molecule has 3 rings (SSSR count). The van der Waals surface area contributed by atoms with E-state index in [1.54, 1.807) is 12.1 Å². The molecular formula is C16H21FN2O2. The van der Waals surface area contributed by atoms with Crippen LogP contribution in [-0.4, -0.2) is 41.4 Å². The van der Waals surface area contributed by atoms with Crippen LogP contribution in [0.25, 0.3) is 11.0 Å². The Bertz CT molecular complexity index is 605. The number of halogens is 1. The summed E-state index contributed by atoms with van der Waals surface area (Å²) in [5, 5.41) is 13.8. The summed E-state index contributed by atoms with van der Waals surface area (Å²) in [6.45, 7) is 5.10. The molecule has 0 bridgehead atoms. The lowest BCUT2D eigenvalue weighted by Gasteiger charge is -2.32. The van der Waals surface area contributed by atoms with Crippen molar-refractivity contribution in [1.82, 2.24) is 10.1 Å². The van der Waals surface area contributed by atoms with E-state index in [2.05, 4.69) is 10.1 Å². The fourth-order valence-corrected chi connectivity index (χ4v) is 3.14. The first kappa shape index (κ1) is 14.5. The topological polar surface area (TPSA) is 49.5 Å². The zero-order valence-corrected chi connectivity index (χ0v) is 12.3. The van der Waals surface area contributed by atoms with Crippen LogP contribution in [0.3, 0.4) is 0 Å². The molecule has 0 aliphatic carbocycles. The van der Waals surface area contributed by atoms with E-state index < -0.39 is 0 Å². The summed E-state index contributed by atoms with van der Waals surface area (Å²) in [5.41, 5.74) is 1.29. The Balaban J connectivity index is 1.71. The Hall–Kier alpha value is -1.46. The molecule has 1 aromatic heterocycles. The van der Waals surface area contributed by atoms with E-state index in [1.165, 1.54) is 6.07 Å². The van der Waals surface area contributed by atoms with Gasteiger partial charge in [-0.1, -0.05) is 18.1 Å². The second kappa shape index (κ2) is 6.12. The lowest BCUT2D eigenvalue weighted by molar-refractivity contribution is 0.147. The zero-order chi connectivity index (χ0) is 14.8. The highest BCUT2D eigenvalue weighted by atomic mass is 19.1. The molecule has 114 valence electrons. The van der Waals surface area contributed by atoms with Crippen molar-refractivity contribution in [3.8, 4) is 0 Å². The van der Waals surface area contributed by atoms with Crippen LogP contribution < -0.4 is 0 Å². The first-order valence-electron chi connectivity index (χ1n) is 7.56. The van der Waals surface area contributed by atoms with Gasteiger partial charge >= 0.3 is 0 Å². The molecule has 0 radical (unpaired) electrons. The number of fused-ring (bicyclic) bond motifs is 1. The van der Waals surface area contributed by atoms with Crippen molar-refractivity contribution in [3.05, 3.63) is 29.7 Å². The minimum Gasteiger partial charge on any atom is -0.396 e. The minimum atomic E-state index is -0.250. The quantitative estimate of drug-likeness (QED) is 0.941. The molecule has 0 amide bonds. The van der Waals surface area contributed by atoms with Crippen molar-refractivity contribution in [2.24, 2.45) is 5.92 Å². The van der Waals surface area contributed by atoms with Crippen LogP contribution in [0.2, 0.25) is 0 Å². The highest BCUT2D eigenvalue weighted by Gasteiger charge is 2.26. The number of benzene rings is 1. The molecule has 1 saturated heterocycles. The molecule has 0 unspecified atom stereocenters. The monoisotopic (exact) mass is 292 g/mol. The number of aliphatic hydroxyl groups is 1. The van der Waals surface area contributed by atoms with Gasteiger partial charge in [0.2, 0.25) is 0 Å². The van der Waals surface area contributed by atoms with Crippen molar-refractivity contribution < 1.29 is 14.0 Å². The SMILES string of the molecule is C[C@@H](CO)CN1CCC(c2noc3cccc(F)c23)CC1. The van der Waals surface area contributed by atoms with Crippen LogP contribution in [0.4, 0.5) is 4.39 Å². The largest absolute Gasteiger partial charge is 0.396 e. The molecule has 4 nitrogen and oxygen atoms in total. The van der Waals surface area contributed by atoms with Gasteiger partial charge in [-0.3, -0.25) is 0 Å². The average Bonchev–Trinajstić information content (AvgIpc) is 2.93. The Morgan fingerprint density at radius 1 is 1.43 bits per heavy atom. The predicted octanol–water partition coefficient (Wildman–Crippen LogP) is 2.77. The number of likely N-dealkylation sites (tertiary alicyclic amines) is 1. The number of aromatic nitrogens is 1. The van der Waals surface area contributed by atoms with Gasteiger partial charge in [0, 0.05) is 19.1 Å². The predicted molar refractivity (Wildman–Crippen MR) is 78.6 cm³/mol. The van der Waals surface area contributed by atoms with Gasteiger partial charge in [-0.2, -0.15) is 0 Å². The summed E-state index contributed by atoms with van der Waals surface area (Å²) in [6.07, 6.45) is 1.90. The molecule has 1 aliphatic heterocycles. The number of nitrogens with zero attached hydrogens (tertiary/aromatic N) is 2. The molecular weight excluding hydrogens is 271 g/mol. The number of hydrogen-bond donors (Lipinski definition) is 1. The van der Waals surface area contributed by atoms with Gasteiger partial charge in [0.15, 0.2) is 5.58 Å². The van der Waals surface area contributed by atoms with E-state index in [4.69, 9.17) is 9.63 Å². The maximum absolute atomic E-state index is 14.0. The van der Waals surface area contributed by atoms with E-state index in [-0.39, 0.29) is 18.3 Å². The molecule has 0 spiro atoms. The second-order valence-corrected chi connectivity index (χ2v) is 6.04. The van der Waals surface area contributed by atoms with Crippen LogP contribution >= 0.6 is 0 Å². The first-order valence-corrected chi connectivity index (χ1v) is 7.56. The first-order chi connectivity index (χ1) is 10.2. The second-order valence-electron chi connectivity index (χ2n) is 6.04. The lowest BCUT2D eigenvalue weighted by Crippen LogP contribution is -2.36. The summed E-state index contributed by atoms with van der Waals surface area (Å²) in [7, 11) is 0. The van der Waals surface area contributed by atoms with E-state index in [9.17, 15) is 4.39 Å². The van der Waals surface area contributed by atoms with E-state index >= 15 is 0 Å². The summed E-state index contributed by atoms with van der Waals surface area (Å²) in [4.78, 5) is 2.36. The van der Waals surface area contributed by atoms with Crippen molar-refractivity contribution in [3.63, 3.8) is 0 Å². The summed E-state index contributed by atoms with van der Waals surface area (Å²) >= 11 is 0. The molecule has 1 N–H and O–H groups in total. The molecule has 21 heavy (non-hydrogen) atoms. The van der Waals surface area contributed by atoms with Crippen molar-refractivity contribution in [2.75, 3.05) is 26.2 Å². The van der Waals surface area contributed by atoms with Crippen molar-refractivity contribution in [1.29, 1.82) is 0 Å². The molecule has 0 saturated carbocycles. The number of aliphatic hydroxyl groups excluding tert-OH is 1. The maximum atomic E-state index is 14.0. The van der Waals surface area contributed by atoms with Crippen LogP contribution in [0, 0.1) is 11.7 Å². The third kappa shape index (κ3) is 2.94. The zero-order valence-electron chi connectivity index (χ0n) is 12.3. The smallest absolute Gasteiger partial charge is 0.170 e. The fraction of sp³-hybridized carbons (Fsp3) is 0.562. The molecule has 1 aromatic carbocycles. The Morgan fingerprint density at radius 3 is 2.90 bits per heavy atom. The van der Waals surface area contributed by atoms with Gasteiger partial charge in [0.05, 0.1) is 11.1 Å².